The summed E-state index contributed by atoms with van der Waals surface area (Å²) in [5.74, 6) is 1.87. The van der Waals surface area contributed by atoms with E-state index >= 15 is 0 Å². The molecule has 0 saturated carbocycles. The molecule has 0 atom stereocenters. The molecule has 1 radical (unpaired) electrons. The fourth-order valence-corrected chi connectivity index (χ4v) is 1.76. The van der Waals surface area contributed by atoms with Crippen molar-refractivity contribution in [1.82, 2.24) is 9.88 Å². The van der Waals surface area contributed by atoms with Gasteiger partial charge in [-0.1, -0.05) is 0 Å². The maximum absolute atomic E-state index is 4.32. The van der Waals surface area contributed by atoms with Crippen LogP contribution in [0.25, 0.3) is 0 Å². The van der Waals surface area contributed by atoms with Crippen molar-refractivity contribution in [3.63, 3.8) is 0 Å². The van der Waals surface area contributed by atoms with E-state index in [0.29, 0.717) is 0 Å². The molecule has 1 rings (SSSR count). The van der Waals surface area contributed by atoms with Gasteiger partial charge in [0.1, 0.15) is 0 Å². The molecular weight excluding hydrogens is 192 g/mol. The molecule has 0 N–H and O–H groups in total. The molecule has 0 fully saturated rings. The van der Waals surface area contributed by atoms with E-state index in [-0.39, 0.29) is 0 Å². The zero-order valence-corrected chi connectivity index (χ0v) is 9.68. The highest BCUT2D eigenvalue weighted by atomic mass is 32.2. The standard InChI is InChI=1S/C11H17N2S/c1-4-14-9-11-7-10(5-6-12-11)8-13(2)3/h5-7H,1,4,8-9H2,2-3H3. The second-order valence-electron chi connectivity index (χ2n) is 3.45. The van der Waals surface area contributed by atoms with Gasteiger partial charge in [-0.2, -0.15) is 11.8 Å². The van der Waals surface area contributed by atoms with E-state index in [2.05, 4.69) is 43.0 Å². The van der Waals surface area contributed by atoms with E-state index in [1.807, 2.05) is 6.20 Å². The third-order valence-electron chi connectivity index (χ3n) is 1.77. The number of pyridine rings is 1. The van der Waals surface area contributed by atoms with Crippen LogP contribution in [0.5, 0.6) is 0 Å². The Morgan fingerprint density at radius 3 is 2.93 bits per heavy atom. The number of aromatic nitrogens is 1. The largest absolute Gasteiger partial charge is 0.305 e. The van der Waals surface area contributed by atoms with E-state index in [0.717, 1.165) is 23.7 Å². The normalized spacial score (nSPS) is 10.9. The topological polar surface area (TPSA) is 16.1 Å². The number of hydrogen-bond donors (Lipinski definition) is 0. The van der Waals surface area contributed by atoms with Gasteiger partial charge < -0.3 is 4.90 Å². The second-order valence-corrected chi connectivity index (χ2v) is 4.55. The molecule has 0 aliphatic heterocycles. The molecule has 0 amide bonds. The van der Waals surface area contributed by atoms with Crippen LogP contribution in [0.2, 0.25) is 0 Å². The fourth-order valence-electron chi connectivity index (χ4n) is 1.25. The smallest absolute Gasteiger partial charge is 0.0505 e. The van der Waals surface area contributed by atoms with Crippen LogP contribution in [-0.2, 0) is 12.3 Å². The van der Waals surface area contributed by atoms with E-state index in [4.69, 9.17) is 0 Å². The Labute approximate surface area is 90.7 Å². The molecule has 2 nitrogen and oxygen atoms in total. The average Bonchev–Trinajstić information content (AvgIpc) is 2.14. The highest BCUT2D eigenvalue weighted by Gasteiger charge is 1.98. The van der Waals surface area contributed by atoms with Crippen LogP contribution in [0.3, 0.4) is 0 Å². The minimum Gasteiger partial charge on any atom is -0.305 e. The molecule has 0 saturated heterocycles. The van der Waals surface area contributed by atoms with Gasteiger partial charge in [0.05, 0.1) is 5.69 Å². The Balaban J connectivity index is 2.59. The number of hydrogen-bond acceptors (Lipinski definition) is 3. The van der Waals surface area contributed by atoms with Crippen molar-refractivity contribution in [3.05, 3.63) is 36.5 Å². The molecule has 77 valence electrons. The summed E-state index contributed by atoms with van der Waals surface area (Å²) in [4.78, 5) is 6.48. The predicted molar refractivity (Wildman–Crippen MR) is 63.1 cm³/mol. The predicted octanol–water partition coefficient (Wildman–Crippen LogP) is 2.21. The summed E-state index contributed by atoms with van der Waals surface area (Å²) in [6.07, 6.45) is 1.89. The quantitative estimate of drug-likeness (QED) is 0.739. The lowest BCUT2D eigenvalue weighted by atomic mass is 10.2. The monoisotopic (exact) mass is 209 g/mol. The molecule has 14 heavy (non-hydrogen) atoms. The molecule has 1 heterocycles. The molecule has 0 spiro atoms. The van der Waals surface area contributed by atoms with Crippen LogP contribution < -0.4 is 0 Å². The van der Waals surface area contributed by atoms with Gasteiger partial charge in [0.15, 0.2) is 0 Å². The van der Waals surface area contributed by atoms with E-state index in [9.17, 15) is 0 Å². The molecule has 0 unspecified atom stereocenters. The van der Waals surface area contributed by atoms with Crippen LogP contribution in [0.4, 0.5) is 0 Å². The number of nitrogens with zero attached hydrogens (tertiary/aromatic N) is 2. The lowest BCUT2D eigenvalue weighted by Gasteiger charge is -2.10. The minimum atomic E-state index is 0.902. The summed E-state index contributed by atoms with van der Waals surface area (Å²) >= 11 is 1.80. The fraction of sp³-hybridized carbons (Fsp3) is 0.455. The summed E-state index contributed by atoms with van der Waals surface area (Å²) in [7, 11) is 4.15. The van der Waals surface area contributed by atoms with Crippen molar-refractivity contribution >= 4 is 11.8 Å². The molecule has 0 aromatic carbocycles. The Morgan fingerprint density at radius 1 is 1.50 bits per heavy atom. The summed E-state index contributed by atoms with van der Waals surface area (Å²) in [5, 5.41) is 0. The van der Waals surface area contributed by atoms with Crippen LogP contribution in [0, 0.1) is 6.92 Å². The van der Waals surface area contributed by atoms with Gasteiger partial charge in [-0.3, -0.25) is 4.98 Å². The molecule has 1 aromatic heterocycles. The molecule has 0 bridgehead atoms. The van der Waals surface area contributed by atoms with Gasteiger partial charge in [0.2, 0.25) is 0 Å². The van der Waals surface area contributed by atoms with Gasteiger partial charge >= 0.3 is 0 Å². The summed E-state index contributed by atoms with van der Waals surface area (Å²) in [5.41, 5.74) is 2.47. The average molecular weight is 209 g/mol. The van der Waals surface area contributed by atoms with Gasteiger partial charge in [-0.05, 0) is 44.5 Å². The van der Waals surface area contributed by atoms with E-state index in [1.54, 1.807) is 11.8 Å². The van der Waals surface area contributed by atoms with Crippen molar-refractivity contribution in [1.29, 1.82) is 0 Å². The van der Waals surface area contributed by atoms with Crippen LogP contribution in [0.1, 0.15) is 11.3 Å². The van der Waals surface area contributed by atoms with Crippen LogP contribution in [0.15, 0.2) is 18.3 Å². The van der Waals surface area contributed by atoms with Crippen LogP contribution >= 0.6 is 11.8 Å². The highest BCUT2D eigenvalue weighted by Crippen LogP contribution is 2.11. The zero-order chi connectivity index (χ0) is 10.4. The molecular formula is C11H17N2S. The first-order valence-corrected chi connectivity index (χ1v) is 5.83. The number of thioether (sulfide) groups is 1. The maximum Gasteiger partial charge on any atom is 0.0505 e. The molecule has 0 aliphatic carbocycles. The van der Waals surface area contributed by atoms with Crippen molar-refractivity contribution < 1.29 is 0 Å². The molecule has 3 heteroatoms. The van der Waals surface area contributed by atoms with E-state index in [1.165, 1.54) is 5.56 Å². The minimum absolute atomic E-state index is 0.902. The van der Waals surface area contributed by atoms with Crippen molar-refractivity contribution in [3.8, 4) is 0 Å². The maximum atomic E-state index is 4.32. The Morgan fingerprint density at radius 2 is 2.29 bits per heavy atom. The molecule has 1 aromatic rings. The number of rotatable bonds is 5. The lowest BCUT2D eigenvalue weighted by Crippen LogP contribution is -2.10. The third-order valence-corrected chi connectivity index (χ3v) is 2.56. The highest BCUT2D eigenvalue weighted by molar-refractivity contribution is 7.98. The summed E-state index contributed by atoms with van der Waals surface area (Å²) in [6, 6.07) is 4.24. The Kier molecular flexibility index (Phi) is 4.98. The lowest BCUT2D eigenvalue weighted by molar-refractivity contribution is 0.402. The van der Waals surface area contributed by atoms with Gasteiger partial charge in [0, 0.05) is 18.5 Å². The van der Waals surface area contributed by atoms with Crippen LogP contribution in [-0.4, -0.2) is 29.7 Å². The van der Waals surface area contributed by atoms with Gasteiger partial charge in [-0.15, -0.1) is 0 Å². The first-order valence-electron chi connectivity index (χ1n) is 4.68. The SMILES string of the molecule is [CH2]CSCc1cc(CN(C)C)ccn1. The van der Waals surface area contributed by atoms with Crippen molar-refractivity contribution in [2.75, 3.05) is 19.8 Å². The zero-order valence-electron chi connectivity index (χ0n) is 8.86. The summed E-state index contributed by atoms with van der Waals surface area (Å²) in [6.45, 7) is 4.78. The summed E-state index contributed by atoms with van der Waals surface area (Å²) < 4.78 is 0. The first kappa shape index (κ1) is 11.5. The van der Waals surface area contributed by atoms with E-state index < -0.39 is 0 Å². The Bertz CT molecular complexity index is 274. The second kappa shape index (κ2) is 6.04. The third kappa shape index (κ3) is 4.11. The molecule has 0 aliphatic rings. The van der Waals surface area contributed by atoms with Crippen molar-refractivity contribution in [2.24, 2.45) is 0 Å². The van der Waals surface area contributed by atoms with Gasteiger partial charge in [0.25, 0.3) is 0 Å². The Hall–Kier alpha value is -0.540. The first-order chi connectivity index (χ1) is 6.72. The van der Waals surface area contributed by atoms with Crippen molar-refractivity contribution in [2.45, 2.75) is 12.3 Å². The van der Waals surface area contributed by atoms with Gasteiger partial charge in [-0.25, -0.2) is 0 Å².